The lowest BCUT2D eigenvalue weighted by atomic mass is 10.1. The fourth-order valence-electron chi connectivity index (χ4n) is 2.96. The molecular formula is C21H18N2O7S. The van der Waals surface area contributed by atoms with Crippen LogP contribution in [0.1, 0.15) is 23.6 Å². The largest absolute Gasteiger partial charge is 0.490 e. The zero-order valence-electron chi connectivity index (χ0n) is 16.9. The monoisotopic (exact) mass is 442 g/mol. The maximum Gasteiger partial charge on any atom is 0.353 e. The van der Waals surface area contributed by atoms with E-state index in [0.717, 1.165) is 34.7 Å². The second-order valence-electron chi connectivity index (χ2n) is 6.64. The summed E-state index contributed by atoms with van der Waals surface area (Å²) in [6, 6.07) is 10.1. The number of imide groups is 1. The van der Waals surface area contributed by atoms with Gasteiger partial charge in [-0.3, -0.25) is 29.4 Å². The molecule has 3 rings (SSSR count). The Bertz CT molecular complexity index is 1110. The summed E-state index contributed by atoms with van der Waals surface area (Å²) in [4.78, 5) is 48.4. The van der Waals surface area contributed by atoms with Gasteiger partial charge in [-0.25, -0.2) is 0 Å². The predicted molar refractivity (Wildman–Crippen MR) is 114 cm³/mol. The van der Waals surface area contributed by atoms with Gasteiger partial charge in [0.1, 0.15) is 0 Å². The van der Waals surface area contributed by atoms with Crippen LogP contribution in [0.5, 0.6) is 11.5 Å². The summed E-state index contributed by atoms with van der Waals surface area (Å²) >= 11 is 0.735. The average Bonchev–Trinajstić information content (AvgIpc) is 2.97. The maximum absolute atomic E-state index is 12.8. The molecule has 9 nitrogen and oxygen atoms in total. The molecule has 0 saturated carbocycles. The minimum atomic E-state index is -0.739. The molecule has 0 atom stereocenters. The van der Waals surface area contributed by atoms with Crippen LogP contribution < -0.4 is 9.47 Å². The zero-order chi connectivity index (χ0) is 22.7. The summed E-state index contributed by atoms with van der Waals surface area (Å²) < 4.78 is 10.1. The zero-order valence-corrected chi connectivity index (χ0v) is 17.7. The molecule has 1 saturated heterocycles. The summed E-state index contributed by atoms with van der Waals surface area (Å²) in [7, 11) is 1.22. The first kappa shape index (κ1) is 22.0. The number of carbonyl (C=O) groups is 3. The number of hydrogen-bond acceptors (Lipinski definition) is 8. The van der Waals surface area contributed by atoms with Crippen molar-refractivity contribution in [2.45, 2.75) is 20.4 Å². The molecule has 10 heteroatoms. The Hall–Kier alpha value is -3.66. The topological polar surface area (TPSA) is 116 Å². The molecule has 0 aliphatic carbocycles. The Morgan fingerprint density at radius 2 is 1.87 bits per heavy atom. The van der Waals surface area contributed by atoms with Crippen LogP contribution in [0.3, 0.4) is 0 Å². The van der Waals surface area contributed by atoms with Crippen molar-refractivity contribution >= 4 is 40.6 Å². The van der Waals surface area contributed by atoms with Crippen LogP contribution in [-0.4, -0.2) is 34.0 Å². The van der Waals surface area contributed by atoms with Gasteiger partial charge in [0.25, 0.3) is 11.1 Å². The fourth-order valence-corrected chi connectivity index (χ4v) is 3.79. The molecule has 0 aromatic heterocycles. The normalized spacial score (nSPS) is 14.8. The molecule has 1 aliphatic heterocycles. The van der Waals surface area contributed by atoms with Crippen LogP contribution in [0.2, 0.25) is 0 Å². The molecular weight excluding hydrogens is 424 g/mol. The van der Waals surface area contributed by atoms with Crippen molar-refractivity contribution in [3.63, 3.8) is 0 Å². The lowest BCUT2D eigenvalue weighted by molar-refractivity contribution is -0.386. The Balaban J connectivity index is 1.95. The Morgan fingerprint density at radius 3 is 2.45 bits per heavy atom. The van der Waals surface area contributed by atoms with Gasteiger partial charge in [-0.1, -0.05) is 29.8 Å². The molecule has 160 valence electrons. The second kappa shape index (κ2) is 9.00. The lowest BCUT2D eigenvalue weighted by Gasteiger charge is -2.12. The van der Waals surface area contributed by atoms with Gasteiger partial charge in [0.15, 0.2) is 0 Å². The van der Waals surface area contributed by atoms with Gasteiger partial charge in [0.2, 0.25) is 11.5 Å². The number of thioether (sulfide) groups is 1. The van der Waals surface area contributed by atoms with Gasteiger partial charge in [0.05, 0.1) is 23.5 Å². The van der Waals surface area contributed by atoms with Crippen LogP contribution in [0.15, 0.2) is 41.3 Å². The molecule has 0 radical (unpaired) electrons. The van der Waals surface area contributed by atoms with Crippen molar-refractivity contribution in [3.05, 3.63) is 68.1 Å². The predicted octanol–water partition coefficient (Wildman–Crippen LogP) is 4.07. The molecule has 2 aromatic carbocycles. The minimum Gasteiger partial charge on any atom is -0.490 e. The van der Waals surface area contributed by atoms with Gasteiger partial charge < -0.3 is 9.47 Å². The lowest BCUT2D eigenvalue weighted by Crippen LogP contribution is -2.27. The van der Waals surface area contributed by atoms with Crippen LogP contribution in [0, 0.1) is 17.0 Å². The summed E-state index contributed by atoms with van der Waals surface area (Å²) in [6.07, 6.45) is 1.35. The number of benzene rings is 2. The third-order valence-electron chi connectivity index (χ3n) is 4.39. The first-order valence-corrected chi connectivity index (χ1v) is 9.87. The molecule has 2 amide bonds. The van der Waals surface area contributed by atoms with Gasteiger partial charge in [-0.2, -0.15) is 0 Å². The van der Waals surface area contributed by atoms with Crippen LogP contribution in [0.25, 0.3) is 6.08 Å². The summed E-state index contributed by atoms with van der Waals surface area (Å²) in [5.74, 6) is -1.70. The first-order chi connectivity index (χ1) is 14.7. The van der Waals surface area contributed by atoms with E-state index >= 15 is 0 Å². The first-order valence-electron chi connectivity index (χ1n) is 9.06. The summed E-state index contributed by atoms with van der Waals surface area (Å²) in [6.45, 7) is 3.17. The van der Waals surface area contributed by atoms with Crippen molar-refractivity contribution < 1.29 is 28.8 Å². The molecule has 31 heavy (non-hydrogen) atoms. The number of amides is 2. The average molecular weight is 442 g/mol. The highest BCUT2D eigenvalue weighted by atomic mass is 32.2. The number of hydrogen-bond donors (Lipinski definition) is 0. The number of rotatable bonds is 6. The third-order valence-corrected chi connectivity index (χ3v) is 5.29. The van der Waals surface area contributed by atoms with Crippen molar-refractivity contribution in [2.75, 3.05) is 7.11 Å². The van der Waals surface area contributed by atoms with Crippen LogP contribution in [-0.2, 0) is 16.1 Å². The van der Waals surface area contributed by atoms with E-state index in [1.807, 2.05) is 31.2 Å². The molecule has 1 fully saturated rings. The van der Waals surface area contributed by atoms with Gasteiger partial charge in [-0.15, -0.1) is 0 Å². The van der Waals surface area contributed by atoms with E-state index in [-0.39, 0.29) is 28.5 Å². The van der Waals surface area contributed by atoms with Gasteiger partial charge >= 0.3 is 11.7 Å². The van der Waals surface area contributed by atoms with Crippen LogP contribution in [0.4, 0.5) is 10.5 Å². The minimum absolute atomic E-state index is 0.102. The molecule has 0 unspecified atom stereocenters. The quantitative estimate of drug-likeness (QED) is 0.216. The number of carbonyl (C=O) groups excluding carboxylic acids is 3. The fraction of sp³-hybridized carbons (Fsp3) is 0.190. The molecule has 0 N–H and O–H groups in total. The highest BCUT2D eigenvalue weighted by molar-refractivity contribution is 8.18. The molecule has 2 aromatic rings. The molecule has 0 spiro atoms. The van der Waals surface area contributed by atoms with Gasteiger partial charge in [-0.05, 0) is 42.5 Å². The van der Waals surface area contributed by atoms with Crippen molar-refractivity contribution in [1.29, 1.82) is 0 Å². The standard InChI is InChI=1S/C21H18N2O7S/c1-12-4-6-14(7-5-12)11-22-20(25)17(31-21(22)26)10-15-8-9-16(30-13(2)24)18(23(27)28)19(15)29-3/h4-10H,11H2,1-3H3/b17-10-. The van der Waals surface area contributed by atoms with E-state index in [2.05, 4.69) is 0 Å². The Morgan fingerprint density at radius 1 is 1.19 bits per heavy atom. The van der Waals surface area contributed by atoms with Crippen molar-refractivity contribution in [2.24, 2.45) is 0 Å². The van der Waals surface area contributed by atoms with E-state index in [9.17, 15) is 24.5 Å². The smallest absolute Gasteiger partial charge is 0.353 e. The van der Waals surface area contributed by atoms with E-state index in [0.29, 0.717) is 0 Å². The second-order valence-corrected chi connectivity index (χ2v) is 7.63. The van der Waals surface area contributed by atoms with Crippen LogP contribution >= 0.6 is 11.8 Å². The number of ether oxygens (including phenoxy) is 2. The Labute approximate surface area is 181 Å². The highest BCUT2D eigenvalue weighted by Crippen LogP contribution is 2.42. The number of esters is 1. The molecule has 0 bridgehead atoms. The summed E-state index contributed by atoms with van der Waals surface area (Å²) in [5.41, 5.74) is 1.51. The number of nitro groups is 1. The SMILES string of the molecule is COc1c(/C=C2\SC(=O)N(Cc3ccc(C)cc3)C2=O)ccc(OC(C)=O)c1[N+](=O)[O-]. The molecule has 1 heterocycles. The number of nitro benzene ring substituents is 1. The summed E-state index contributed by atoms with van der Waals surface area (Å²) in [5, 5.41) is 11.1. The Kier molecular flexibility index (Phi) is 6.40. The van der Waals surface area contributed by atoms with Crippen molar-refractivity contribution in [3.8, 4) is 11.5 Å². The van der Waals surface area contributed by atoms with Crippen molar-refractivity contribution in [1.82, 2.24) is 4.90 Å². The maximum atomic E-state index is 12.8. The highest BCUT2D eigenvalue weighted by Gasteiger charge is 2.36. The van der Waals surface area contributed by atoms with E-state index in [1.54, 1.807) is 0 Å². The van der Waals surface area contributed by atoms with E-state index < -0.39 is 27.7 Å². The van der Waals surface area contributed by atoms with E-state index in [1.165, 1.54) is 25.3 Å². The number of methoxy groups -OCH3 is 1. The molecule has 1 aliphatic rings. The van der Waals surface area contributed by atoms with Gasteiger partial charge in [0, 0.05) is 12.5 Å². The third kappa shape index (κ3) is 4.75. The number of aryl methyl sites for hydroxylation is 1. The van der Waals surface area contributed by atoms with E-state index in [4.69, 9.17) is 9.47 Å². The number of nitrogens with zero attached hydrogens (tertiary/aromatic N) is 2.